The second kappa shape index (κ2) is 14.6. The Bertz CT molecular complexity index is 1640. The Labute approximate surface area is 251 Å². The van der Waals surface area contributed by atoms with E-state index in [0.717, 1.165) is 9.87 Å². The summed E-state index contributed by atoms with van der Waals surface area (Å²) in [6, 6.07) is 28.6. The Hall–Kier alpha value is -5.16. The molecule has 43 heavy (non-hydrogen) atoms. The van der Waals surface area contributed by atoms with Gasteiger partial charge in [-0.25, -0.2) is 13.8 Å². The van der Waals surface area contributed by atoms with Gasteiger partial charge in [-0.15, -0.1) is 0 Å². The molecule has 0 saturated carbocycles. The summed E-state index contributed by atoms with van der Waals surface area (Å²) in [5.74, 6) is 0.113. The van der Waals surface area contributed by atoms with E-state index in [2.05, 4.69) is 15.8 Å². The van der Waals surface area contributed by atoms with Crippen LogP contribution in [0.15, 0.2) is 113 Å². The molecule has 0 radical (unpaired) electrons. The fourth-order valence-corrected chi connectivity index (χ4v) is 5.31. The standard InChI is InChI=1S/C32H32N4O6S/c1-3-41-28-17-19-30(20-18-28)43(39,40)36(27-7-5-4-6-8-27)22-31(37)35-33-21-25-11-15-29(16-12-25)42-23-32(38)34-26-13-9-24(2)10-14-26/h4-21H,3,22-23H2,1-2H3,(H,34,38)(H,35,37)/b33-21-. The largest absolute Gasteiger partial charge is 0.494 e. The Kier molecular flexibility index (Phi) is 10.5. The third-order valence-electron chi connectivity index (χ3n) is 6.04. The molecule has 0 unspecified atom stereocenters. The van der Waals surface area contributed by atoms with Gasteiger partial charge in [0.25, 0.3) is 21.8 Å². The summed E-state index contributed by atoms with van der Waals surface area (Å²) in [5.41, 5.74) is 5.15. The number of ether oxygens (including phenoxy) is 2. The SMILES string of the molecule is CCOc1ccc(S(=O)(=O)N(CC(=O)N/N=C\c2ccc(OCC(=O)Nc3ccc(C)cc3)cc2)c2ccccc2)cc1. The van der Waals surface area contributed by atoms with Crippen LogP contribution in [-0.4, -0.2) is 46.2 Å². The lowest BCUT2D eigenvalue weighted by Crippen LogP contribution is -2.39. The van der Waals surface area contributed by atoms with Crippen LogP contribution >= 0.6 is 0 Å². The topological polar surface area (TPSA) is 126 Å². The van der Waals surface area contributed by atoms with Crippen LogP contribution in [0.2, 0.25) is 0 Å². The minimum atomic E-state index is -4.07. The summed E-state index contributed by atoms with van der Waals surface area (Å²) in [5, 5.41) is 6.73. The summed E-state index contributed by atoms with van der Waals surface area (Å²) in [6.07, 6.45) is 1.42. The maximum absolute atomic E-state index is 13.5. The molecule has 2 amide bonds. The molecule has 0 aliphatic rings. The number of hydrazone groups is 1. The van der Waals surface area contributed by atoms with E-state index >= 15 is 0 Å². The van der Waals surface area contributed by atoms with E-state index in [0.29, 0.717) is 35.0 Å². The Morgan fingerprint density at radius 2 is 1.44 bits per heavy atom. The van der Waals surface area contributed by atoms with Gasteiger partial charge in [0.15, 0.2) is 6.61 Å². The number of benzene rings is 4. The molecular formula is C32H32N4O6S. The molecule has 0 atom stereocenters. The number of carbonyl (C=O) groups excluding carboxylic acids is 2. The number of nitrogens with zero attached hydrogens (tertiary/aromatic N) is 2. The first-order valence-corrected chi connectivity index (χ1v) is 14.9. The van der Waals surface area contributed by atoms with Gasteiger partial charge >= 0.3 is 0 Å². The van der Waals surface area contributed by atoms with Gasteiger partial charge in [0.1, 0.15) is 18.0 Å². The van der Waals surface area contributed by atoms with Gasteiger partial charge in [0.2, 0.25) is 0 Å². The maximum Gasteiger partial charge on any atom is 0.264 e. The van der Waals surface area contributed by atoms with E-state index in [9.17, 15) is 18.0 Å². The molecule has 0 heterocycles. The summed E-state index contributed by atoms with van der Waals surface area (Å²) in [4.78, 5) is 24.9. The fourth-order valence-electron chi connectivity index (χ4n) is 3.89. The van der Waals surface area contributed by atoms with E-state index in [1.54, 1.807) is 66.7 Å². The molecule has 0 fully saturated rings. The van der Waals surface area contributed by atoms with E-state index in [4.69, 9.17) is 9.47 Å². The number of hydrogen-bond donors (Lipinski definition) is 2. The van der Waals surface area contributed by atoms with Crippen LogP contribution in [0.4, 0.5) is 11.4 Å². The highest BCUT2D eigenvalue weighted by atomic mass is 32.2. The first-order valence-electron chi connectivity index (χ1n) is 13.5. The minimum Gasteiger partial charge on any atom is -0.494 e. The van der Waals surface area contributed by atoms with Crippen LogP contribution in [-0.2, 0) is 19.6 Å². The van der Waals surface area contributed by atoms with Crippen molar-refractivity contribution in [3.8, 4) is 11.5 Å². The van der Waals surface area contributed by atoms with Crippen molar-refractivity contribution in [1.82, 2.24) is 5.43 Å². The second-order valence-electron chi connectivity index (χ2n) is 9.32. The number of sulfonamides is 1. The third-order valence-corrected chi connectivity index (χ3v) is 7.83. The van der Waals surface area contributed by atoms with E-state index in [1.165, 1.54) is 18.3 Å². The predicted molar refractivity (Wildman–Crippen MR) is 166 cm³/mol. The second-order valence-corrected chi connectivity index (χ2v) is 11.2. The van der Waals surface area contributed by atoms with Crippen molar-refractivity contribution < 1.29 is 27.5 Å². The molecular weight excluding hydrogens is 568 g/mol. The fraction of sp³-hybridized carbons (Fsp3) is 0.156. The first kappa shape index (κ1) is 30.8. The van der Waals surface area contributed by atoms with Crippen LogP contribution in [0.1, 0.15) is 18.1 Å². The average Bonchev–Trinajstić information content (AvgIpc) is 3.01. The minimum absolute atomic E-state index is 0.0195. The van der Waals surface area contributed by atoms with Crippen LogP contribution in [0.3, 0.4) is 0 Å². The zero-order chi connectivity index (χ0) is 30.7. The molecule has 11 heteroatoms. The van der Waals surface area contributed by atoms with Gasteiger partial charge in [0, 0.05) is 5.69 Å². The normalized spacial score (nSPS) is 11.1. The molecule has 0 aliphatic carbocycles. The van der Waals surface area contributed by atoms with Crippen molar-refractivity contribution in [3.63, 3.8) is 0 Å². The zero-order valence-electron chi connectivity index (χ0n) is 23.8. The Morgan fingerprint density at radius 3 is 2.09 bits per heavy atom. The number of nitrogens with one attached hydrogen (secondary N) is 2. The number of para-hydroxylation sites is 1. The Morgan fingerprint density at radius 1 is 0.814 bits per heavy atom. The highest BCUT2D eigenvalue weighted by Gasteiger charge is 2.27. The van der Waals surface area contributed by atoms with E-state index < -0.39 is 22.5 Å². The maximum atomic E-state index is 13.5. The molecule has 0 aromatic heterocycles. The van der Waals surface area contributed by atoms with Gasteiger partial charge in [-0.2, -0.15) is 5.10 Å². The van der Waals surface area contributed by atoms with Crippen LogP contribution in [0.25, 0.3) is 0 Å². The number of hydrogen-bond acceptors (Lipinski definition) is 7. The molecule has 2 N–H and O–H groups in total. The average molecular weight is 601 g/mol. The van der Waals surface area contributed by atoms with E-state index in [-0.39, 0.29) is 17.4 Å². The lowest BCUT2D eigenvalue weighted by atomic mass is 10.2. The molecule has 4 aromatic rings. The van der Waals surface area contributed by atoms with Crippen molar-refractivity contribution >= 4 is 39.4 Å². The summed E-state index contributed by atoms with van der Waals surface area (Å²) in [6.45, 7) is 3.61. The van der Waals surface area contributed by atoms with Gasteiger partial charge in [-0.1, -0.05) is 35.9 Å². The number of amides is 2. The molecule has 4 rings (SSSR count). The molecule has 0 aliphatic heterocycles. The lowest BCUT2D eigenvalue weighted by molar-refractivity contribution is -0.119. The quantitative estimate of drug-likeness (QED) is 0.168. The van der Waals surface area contributed by atoms with Crippen LogP contribution in [0, 0.1) is 6.92 Å². The van der Waals surface area contributed by atoms with Crippen molar-refractivity contribution in [1.29, 1.82) is 0 Å². The number of rotatable bonds is 13. The summed E-state index contributed by atoms with van der Waals surface area (Å²) >= 11 is 0. The number of aryl methyl sites for hydroxylation is 1. The highest BCUT2D eigenvalue weighted by Crippen LogP contribution is 2.25. The van der Waals surface area contributed by atoms with Crippen molar-refractivity contribution in [3.05, 3.63) is 114 Å². The van der Waals surface area contributed by atoms with Gasteiger partial charge in [0.05, 0.1) is 23.4 Å². The highest BCUT2D eigenvalue weighted by molar-refractivity contribution is 7.92. The lowest BCUT2D eigenvalue weighted by Gasteiger charge is -2.23. The van der Waals surface area contributed by atoms with Gasteiger partial charge in [-0.05, 0) is 92.2 Å². The van der Waals surface area contributed by atoms with Crippen molar-refractivity contribution in [2.24, 2.45) is 5.10 Å². The molecule has 0 bridgehead atoms. The molecule has 222 valence electrons. The molecule has 0 saturated heterocycles. The number of carbonyl (C=O) groups is 2. The molecule has 0 spiro atoms. The van der Waals surface area contributed by atoms with Crippen LogP contribution in [0.5, 0.6) is 11.5 Å². The van der Waals surface area contributed by atoms with Gasteiger partial charge in [-0.3, -0.25) is 13.9 Å². The van der Waals surface area contributed by atoms with E-state index in [1.807, 2.05) is 38.1 Å². The van der Waals surface area contributed by atoms with Crippen molar-refractivity contribution in [2.75, 3.05) is 29.4 Å². The van der Waals surface area contributed by atoms with Crippen LogP contribution < -0.4 is 24.5 Å². The van der Waals surface area contributed by atoms with Gasteiger partial charge < -0.3 is 14.8 Å². The monoisotopic (exact) mass is 600 g/mol. The first-order chi connectivity index (χ1) is 20.7. The smallest absolute Gasteiger partial charge is 0.264 e. The molecule has 4 aromatic carbocycles. The summed E-state index contributed by atoms with van der Waals surface area (Å²) < 4.78 is 39.0. The zero-order valence-corrected chi connectivity index (χ0v) is 24.6. The summed E-state index contributed by atoms with van der Waals surface area (Å²) in [7, 11) is -4.07. The predicted octanol–water partition coefficient (Wildman–Crippen LogP) is 4.76. The van der Waals surface area contributed by atoms with Crippen molar-refractivity contribution in [2.45, 2.75) is 18.7 Å². The Balaban J connectivity index is 1.33. The number of anilines is 2. The third kappa shape index (κ3) is 8.91. The molecule has 10 nitrogen and oxygen atoms in total.